The fourth-order valence-corrected chi connectivity index (χ4v) is 6.52. The molecular weight excluding hydrogens is 640 g/mol. The molecule has 1 aliphatic heterocycles. The average Bonchev–Trinajstić information content (AvgIpc) is 3.69. The van der Waals surface area contributed by atoms with Crippen molar-refractivity contribution >= 4 is 34.8 Å². The zero-order chi connectivity index (χ0) is 35.0. The van der Waals surface area contributed by atoms with Crippen LogP contribution < -0.4 is 31.9 Å². The minimum absolute atomic E-state index is 0.107. The van der Waals surface area contributed by atoms with E-state index in [0.29, 0.717) is 11.3 Å². The first-order chi connectivity index (χ1) is 24.3. The van der Waals surface area contributed by atoms with Crippen molar-refractivity contribution in [2.24, 2.45) is 0 Å². The third-order valence-corrected chi connectivity index (χ3v) is 9.22. The number of benzene rings is 2. The van der Waals surface area contributed by atoms with Gasteiger partial charge in [-0.15, -0.1) is 0 Å². The highest BCUT2D eigenvalue weighted by Crippen LogP contribution is 2.35. The van der Waals surface area contributed by atoms with Crippen LogP contribution in [0.15, 0.2) is 67.0 Å². The molecule has 4 amide bonds. The van der Waals surface area contributed by atoms with Crippen molar-refractivity contribution in [2.45, 2.75) is 69.0 Å². The summed E-state index contributed by atoms with van der Waals surface area (Å²) in [7, 11) is 0. The summed E-state index contributed by atoms with van der Waals surface area (Å²) in [6.45, 7) is 3.74. The van der Waals surface area contributed by atoms with Crippen molar-refractivity contribution < 1.29 is 24.6 Å². The molecule has 6 rings (SSSR count). The Morgan fingerprint density at radius 3 is 2.22 bits per heavy atom. The van der Waals surface area contributed by atoms with Crippen molar-refractivity contribution in [3.8, 4) is 0 Å². The van der Waals surface area contributed by atoms with E-state index < -0.39 is 30.2 Å². The van der Waals surface area contributed by atoms with E-state index in [1.807, 2.05) is 60.7 Å². The third-order valence-electron chi connectivity index (χ3n) is 9.22. The Kier molecular flexibility index (Phi) is 11.2. The summed E-state index contributed by atoms with van der Waals surface area (Å²) >= 11 is 0. The van der Waals surface area contributed by atoms with E-state index in [9.17, 15) is 24.6 Å². The Morgan fingerprint density at radius 2 is 1.56 bits per heavy atom. The highest BCUT2D eigenvalue weighted by Gasteiger charge is 2.44. The normalized spacial score (nSPS) is 20.8. The number of hydrogen-bond acceptors (Lipinski definition) is 10. The molecule has 1 saturated carbocycles. The second kappa shape index (κ2) is 16.1. The number of piperidine rings is 1. The quantitative estimate of drug-likeness (QED) is 0.101. The molecule has 0 unspecified atom stereocenters. The van der Waals surface area contributed by atoms with E-state index in [2.05, 4.69) is 46.9 Å². The zero-order valence-corrected chi connectivity index (χ0v) is 27.9. The van der Waals surface area contributed by atoms with Crippen molar-refractivity contribution in [3.63, 3.8) is 0 Å². The summed E-state index contributed by atoms with van der Waals surface area (Å²) in [4.78, 5) is 51.9. The maximum absolute atomic E-state index is 13.5. The van der Waals surface area contributed by atoms with Crippen molar-refractivity contribution in [1.29, 1.82) is 0 Å². The topological polar surface area (TPSA) is 207 Å². The monoisotopic (exact) mass is 684 g/mol. The summed E-state index contributed by atoms with van der Waals surface area (Å²) in [6.07, 6.45) is 1.23. The summed E-state index contributed by atoms with van der Waals surface area (Å²) in [6, 6.07) is 17.7. The first-order valence-electron chi connectivity index (χ1n) is 17.1. The van der Waals surface area contributed by atoms with Crippen LogP contribution in [0.2, 0.25) is 0 Å². The zero-order valence-electron chi connectivity index (χ0n) is 27.9. The molecule has 0 spiro atoms. The first kappa shape index (κ1) is 34.7. The molecule has 0 radical (unpaired) electrons. The standard InChI is InChI=1S/C35H44N10O5/c1-2-26(46)41-24-19-25(30(48)29(24)47)45-20-39-28-31(42-27(21-9-5-3-6-10-21)22-11-7-4-8-12-22)43-32(44-33(28)45)34(49)37-17-18-38-35(50)40-23-13-15-36-16-14-23/h3-12,20,23-25,27,29-30,36,47-48H,2,13-19H2,1H3,(H,37,49)(H,41,46)(H2,38,40,50)(H,42,43,44)/t24-,25+,29+,30-/m0/s1. The second-order valence-electron chi connectivity index (χ2n) is 12.6. The third kappa shape index (κ3) is 8.01. The van der Waals surface area contributed by atoms with E-state index in [0.717, 1.165) is 37.1 Å². The summed E-state index contributed by atoms with van der Waals surface area (Å²) in [5, 5.41) is 40.0. The van der Waals surface area contributed by atoms with Crippen LogP contribution >= 0.6 is 0 Å². The van der Waals surface area contributed by atoms with E-state index in [1.54, 1.807) is 11.5 Å². The Balaban J connectivity index is 1.28. The van der Waals surface area contributed by atoms with Gasteiger partial charge in [0.1, 0.15) is 12.2 Å². The highest BCUT2D eigenvalue weighted by atomic mass is 16.3. The number of anilines is 1. The molecule has 3 heterocycles. The molecule has 15 heteroatoms. The maximum atomic E-state index is 13.5. The largest absolute Gasteiger partial charge is 0.388 e. The van der Waals surface area contributed by atoms with Gasteiger partial charge in [-0.3, -0.25) is 9.59 Å². The summed E-state index contributed by atoms with van der Waals surface area (Å²) in [5.74, 6) is -0.666. The van der Waals surface area contributed by atoms with Crippen molar-refractivity contribution in [2.75, 3.05) is 31.5 Å². The van der Waals surface area contributed by atoms with Gasteiger partial charge < -0.3 is 46.7 Å². The number of nitrogens with zero attached hydrogens (tertiary/aromatic N) is 4. The van der Waals surface area contributed by atoms with Gasteiger partial charge in [-0.05, 0) is 43.5 Å². The fourth-order valence-electron chi connectivity index (χ4n) is 6.52. The number of aromatic nitrogens is 4. The minimum atomic E-state index is -1.23. The second-order valence-corrected chi connectivity index (χ2v) is 12.6. The van der Waals surface area contributed by atoms with Crippen LogP contribution in [0.5, 0.6) is 0 Å². The van der Waals surface area contributed by atoms with Crippen LogP contribution in [0.4, 0.5) is 10.6 Å². The molecule has 264 valence electrons. The number of urea groups is 1. The Morgan fingerprint density at radius 1 is 0.900 bits per heavy atom. The Labute approximate surface area is 289 Å². The van der Waals surface area contributed by atoms with Crippen LogP contribution in [-0.4, -0.2) is 98.0 Å². The van der Waals surface area contributed by atoms with Crippen molar-refractivity contribution in [3.05, 3.63) is 83.9 Å². The van der Waals surface area contributed by atoms with Crippen molar-refractivity contribution in [1.82, 2.24) is 46.1 Å². The van der Waals surface area contributed by atoms with E-state index in [4.69, 9.17) is 0 Å². The number of aliphatic hydroxyl groups is 2. The highest BCUT2D eigenvalue weighted by molar-refractivity contribution is 5.94. The predicted molar refractivity (Wildman–Crippen MR) is 186 cm³/mol. The van der Waals surface area contributed by atoms with Gasteiger partial charge in [-0.2, -0.15) is 0 Å². The van der Waals surface area contributed by atoms with Gasteiger partial charge in [0.15, 0.2) is 17.0 Å². The van der Waals surface area contributed by atoms with Gasteiger partial charge >= 0.3 is 6.03 Å². The van der Waals surface area contributed by atoms with Gasteiger partial charge in [0, 0.05) is 25.6 Å². The number of fused-ring (bicyclic) bond motifs is 1. The van der Waals surface area contributed by atoms with Crippen LogP contribution in [0.1, 0.15) is 66.4 Å². The number of aliphatic hydroxyl groups excluding tert-OH is 2. The molecule has 1 aliphatic carbocycles. The number of amides is 4. The van der Waals surface area contributed by atoms with Gasteiger partial charge in [0.05, 0.1) is 24.5 Å². The van der Waals surface area contributed by atoms with E-state index in [1.165, 1.54) is 6.33 Å². The predicted octanol–water partition coefficient (Wildman–Crippen LogP) is 1.37. The fraction of sp³-hybridized carbons (Fsp3) is 0.429. The molecule has 8 N–H and O–H groups in total. The first-order valence-corrected chi connectivity index (χ1v) is 17.1. The molecule has 4 atom stereocenters. The van der Waals surface area contributed by atoms with Crippen LogP contribution in [0.25, 0.3) is 11.2 Å². The summed E-state index contributed by atoms with van der Waals surface area (Å²) in [5.41, 5.74) is 2.53. The van der Waals surface area contributed by atoms with Crippen LogP contribution in [-0.2, 0) is 4.79 Å². The number of carbonyl (C=O) groups excluding carboxylic acids is 3. The molecule has 1 saturated heterocycles. The van der Waals surface area contributed by atoms with Gasteiger partial charge in [0.2, 0.25) is 11.7 Å². The van der Waals surface area contributed by atoms with Gasteiger partial charge in [-0.1, -0.05) is 67.6 Å². The van der Waals surface area contributed by atoms with Crippen LogP contribution in [0.3, 0.4) is 0 Å². The molecule has 2 aromatic carbocycles. The Hall–Kier alpha value is -5.12. The number of rotatable bonds is 12. The molecule has 15 nitrogen and oxygen atoms in total. The average molecular weight is 685 g/mol. The molecule has 4 aromatic rings. The van der Waals surface area contributed by atoms with E-state index in [-0.39, 0.29) is 61.4 Å². The number of imidazole rings is 1. The maximum Gasteiger partial charge on any atom is 0.315 e. The molecular formula is C35H44N10O5. The lowest BCUT2D eigenvalue weighted by atomic mass is 9.99. The molecule has 0 bridgehead atoms. The molecule has 2 aromatic heterocycles. The molecule has 2 aliphatic rings. The van der Waals surface area contributed by atoms with E-state index >= 15 is 0 Å². The smallest absolute Gasteiger partial charge is 0.315 e. The minimum Gasteiger partial charge on any atom is -0.388 e. The summed E-state index contributed by atoms with van der Waals surface area (Å²) < 4.78 is 1.62. The lowest BCUT2D eigenvalue weighted by Gasteiger charge is -2.23. The lowest BCUT2D eigenvalue weighted by molar-refractivity contribution is -0.122. The van der Waals surface area contributed by atoms with Gasteiger partial charge in [0.25, 0.3) is 5.91 Å². The number of hydrogen-bond donors (Lipinski definition) is 8. The number of carbonyl (C=O) groups is 3. The number of nitrogens with one attached hydrogen (secondary N) is 6. The molecule has 50 heavy (non-hydrogen) atoms. The van der Waals surface area contributed by atoms with Crippen LogP contribution in [0, 0.1) is 0 Å². The molecule has 2 fully saturated rings. The van der Waals surface area contributed by atoms with Gasteiger partial charge in [-0.25, -0.2) is 19.7 Å². The SMILES string of the molecule is CCC(=O)N[C@H]1C[C@@H](n2cnc3c(NC(c4ccccc4)c4ccccc4)nc(C(=O)NCCNC(=O)NC4CCNCC4)nc32)[C@H](O)[C@@H]1O. The Bertz CT molecular complexity index is 1730. The lowest BCUT2D eigenvalue weighted by Crippen LogP contribution is -2.48.